The number of ether oxygens (including phenoxy) is 1. The van der Waals surface area contributed by atoms with Gasteiger partial charge in [0.2, 0.25) is 6.29 Å². The van der Waals surface area contributed by atoms with E-state index in [1.807, 2.05) is 0 Å². The van der Waals surface area contributed by atoms with E-state index < -0.39 is 16.3 Å². The van der Waals surface area contributed by atoms with Crippen molar-refractivity contribution in [2.45, 2.75) is 0 Å². The molecular weight excluding hydrogens is 248 g/mol. The molecule has 0 aliphatic carbocycles. The van der Waals surface area contributed by atoms with Gasteiger partial charge in [-0.1, -0.05) is 0 Å². The summed E-state index contributed by atoms with van der Waals surface area (Å²) in [6.45, 7) is 0. The fraction of sp³-hybridized carbons (Fsp3) is 0.111. The first-order valence-corrected chi connectivity index (χ1v) is 5.82. The summed E-state index contributed by atoms with van der Waals surface area (Å²) < 4.78 is 30.5. The van der Waals surface area contributed by atoms with Crippen LogP contribution >= 0.6 is 0 Å². The molecule has 0 saturated carbocycles. The fourth-order valence-electron chi connectivity index (χ4n) is 0.938. The monoisotopic (exact) mass is 257 g/mol. The van der Waals surface area contributed by atoms with E-state index in [0.29, 0.717) is 0 Å². The summed E-state index contributed by atoms with van der Waals surface area (Å²) in [5.41, 5.74) is 0.481. The summed E-state index contributed by atoms with van der Waals surface area (Å²) in [4.78, 5) is 21.0. The molecule has 8 heteroatoms. The van der Waals surface area contributed by atoms with Crippen molar-refractivity contribution in [1.82, 2.24) is 4.72 Å². The predicted octanol–water partition coefficient (Wildman–Crippen LogP) is 0.157. The number of nitrogens with one attached hydrogen (secondary N) is 2. The van der Waals surface area contributed by atoms with Crippen LogP contribution in [-0.4, -0.2) is 27.9 Å². The van der Waals surface area contributed by atoms with Gasteiger partial charge in [0.25, 0.3) is 0 Å². The lowest BCUT2D eigenvalue weighted by atomic mass is 10.2. The van der Waals surface area contributed by atoms with E-state index in [-0.39, 0.29) is 11.3 Å². The molecule has 0 saturated heterocycles. The largest absolute Gasteiger partial charge is 0.452 e. The summed E-state index contributed by atoms with van der Waals surface area (Å²) in [7, 11) is -3.00. The average molecular weight is 257 g/mol. The second-order valence-corrected chi connectivity index (χ2v) is 4.29. The number of hydrogen-bond acceptors (Lipinski definition) is 5. The minimum absolute atomic E-state index is 0.195. The molecule has 0 heterocycles. The Labute approximate surface area is 98.0 Å². The third-order valence-corrected chi connectivity index (χ3v) is 2.60. The predicted molar refractivity (Wildman–Crippen MR) is 59.3 cm³/mol. The average Bonchev–Trinajstić information content (AvgIpc) is 2.28. The molecule has 1 rings (SSSR count). The maximum atomic E-state index is 11.3. The molecule has 1 aromatic rings. The van der Waals surface area contributed by atoms with Crippen molar-refractivity contribution in [2.24, 2.45) is 0 Å². The highest BCUT2D eigenvalue weighted by molar-refractivity contribution is 7.91. The number of methoxy groups -OCH3 is 1. The lowest BCUT2D eigenvalue weighted by molar-refractivity contribution is 0.177. The van der Waals surface area contributed by atoms with Gasteiger partial charge in [0.05, 0.1) is 12.8 Å². The van der Waals surface area contributed by atoms with Crippen molar-refractivity contribution >= 4 is 28.3 Å². The fourth-order valence-corrected chi connectivity index (χ4v) is 1.74. The van der Waals surface area contributed by atoms with Gasteiger partial charge in [-0.2, -0.15) is 8.42 Å². The van der Waals surface area contributed by atoms with Crippen molar-refractivity contribution in [3.05, 3.63) is 29.8 Å². The van der Waals surface area contributed by atoms with Crippen molar-refractivity contribution in [3.8, 4) is 0 Å². The highest BCUT2D eigenvalue weighted by Gasteiger charge is 2.13. The highest BCUT2D eigenvalue weighted by atomic mass is 32.2. The van der Waals surface area contributed by atoms with Crippen LogP contribution < -0.4 is 9.44 Å². The van der Waals surface area contributed by atoms with Gasteiger partial charge < -0.3 is 4.74 Å². The first-order valence-electron chi connectivity index (χ1n) is 4.33. The van der Waals surface area contributed by atoms with E-state index >= 15 is 0 Å². The molecule has 1 aromatic carbocycles. The van der Waals surface area contributed by atoms with Gasteiger partial charge in [-0.05, 0) is 24.3 Å². The van der Waals surface area contributed by atoms with Crippen LogP contribution in [0, 0.1) is 0 Å². The summed E-state index contributed by atoms with van der Waals surface area (Å²) >= 11 is 0. The van der Waals surface area contributed by atoms with E-state index in [2.05, 4.69) is 9.46 Å². The number of amides is 1. The second kappa shape index (κ2) is 5.30. The molecule has 1 radical (unpaired) electrons. The quantitative estimate of drug-likeness (QED) is 0.799. The molecule has 2 N–H and O–H groups in total. The standard InChI is InChI=1S/C9H9N2O5S/c1-16-9(13)11-17(14,15)10-8-4-2-7(6-12)3-5-8/h2-5,10H,1H3,(H,11,13). The minimum Gasteiger partial charge on any atom is -0.452 e. The Balaban J connectivity index is 2.76. The third kappa shape index (κ3) is 4.11. The minimum atomic E-state index is -4.04. The first-order chi connectivity index (χ1) is 7.96. The van der Waals surface area contributed by atoms with Gasteiger partial charge in [0.1, 0.15) is 0 Å². The molecule has 0 bridgehead atoms. The molecule has 0 aliphatic heterocycles. The van der Waals surface area contributed by atoms with Crippen LogP contribution in [-0.2, 0) is 19.7 Å². The SMILES string of the molecule is COC(=O)NS(=O)(=O)Nc1ccc([C]=O)cc1. The summed E-state index contributed by atoms with van der Waals surface area (Å²) in [5, 5.41) is 0. The number of rotatable bonds is 4. The Bertz CT molecular complexity index is 509. The van der Waals surface area contributed by atoms with Crippen molar-refractivity contribution in [1.29, 1.82) is 0 Å². The van der Waals surface area contributed by atoms with Crippen LogP contribution in [0.4, 0.5) is 10.5 Å². The van der Waals surface area contributed by atoms with Gasteiger partial charge in [-0.15, -0.1) is 0 Å². The van der Waals surface area contributed by atoms with Gasteiger partial charge in [-0.3, -0.25) is 9.52 Å². The molecule has 0 spiro atoms. The van der Waals surface area contributed by atoms with Crippen LogP contribution in [0.2, 0.25) is 0 Å². The summed E-state index contributed by atoms with van der Waals surface area (Å²) in [6.07, 6.45) is 0.540. The molecular formula is C9H9N2O5S. The number of carbonyl (C=O) groups excluding carboxylic acids is 2. The summed E-state index contributed by atoms with van der Waals surface area (Å²) in [5.74, 6) is 0. The van der Waals surface area contributed by atoms with Crippen LogP contribution in [0.15, 0.2) is 24.3 Å². The van der Waals surface area contributed by atoms with Crippen LogP contribution in [0.25, 0.3) is 0 Å². The van der Waals surface area contributed by atoms with E-state index in [0.717, 1.165) is 7.11 Å². The van der Waals surface area contributed by atoms with Gasteiger partial charge >= 0.3 is 16.3 Å². The van der Waals surface area contributed by atoms with Crippen molar-refractivity contribution < 1.29 is 22.7 Å². The molecule has 17 heavy (non-hydrogen) atoms. The Morgan fingerprint density at radius 1 is 1.29 bits per heavy atom. The highest BCUT2D eigenvalue weighted by Crippen LogP contribution is 2.09. The Morgan fingerprint density at radius 3 is 2.35 bits per heavy atom. The molecule has 1 amide bonds. The Hall–Kier alpha value is -2.09. The molecule has 0 fully saturated rings. The van der Waals surface area contributed by atoms with E-state index in [1.165, 1.54) is 24.3 Å². The molecule has 0 unspecified atom stereocenters. The van der Waals surface area contributed by atoms with Crippen molar-refractivity contribution in [2.75, 3.05) is 11.8 Å². The lowest BCUT2D eigenvalue weighted by Gasteiger charge is -2.08. The molecule has 0 aliphatic rings. The smallest absolute Gasteiger partial charge is 0.422 e. The summed E-state index contributed by atoms with van der Waals surface area (Å²) in [6, 6.07) is 5.47. The maximum Gasteiger partial charge on any atom is 0.422 e. The molecule has 0 atom stereocenters. The van der Waals surface area contributed by atoms with E-state index in [4.69, 9.17) is 0 Å². The topological polar surface area (TPSA) is 102 Å². The van der Waals surface area contributed by atoms with Crippen molar-refractivity contribution in [3.63, 3.8) is 0 Å². The Morgan fingerprint density at radius 2 is 1.88 bits per heavy atom. The zero-order valence-corrected chi connectivity index (χ0v) is 9.58. The lowest BCUT2D eigenvalue weighted by Crippen LogP contribution is -2.35. The van der Waals surface area contributed by atoms with Gasteiger partial charge in [0.15, 0.2) is 0 Å². The number of benzene rings is 1. The Kier molecular flexibility index (Phi) is 4.05. The second-order valence-electron chi connectivity index (χ2n) is 2.88. The first kappa shape index (κ1) is 13.0. The number of anilines is 1. The maximum absolute atomic E-state index is 11.3. The van der Waals surface area contributed by atoms with E-state index in [9.17, 15) is 18.0 Å². The van der Waals surface area contributed by atoms with Crippen LogP contribution in [0.1, 0.15) is 5.56 Å². The molecule has 0 aromatic heterocycles. The van der Waals surface area contributed by atoms with E-state index in [1.54, 1.807) is 11.0 Å². The molecule has 91 valence electrons. The zero-order chi connectivity index (χ0) is 12.9. The third-order valence-electron chi connectivity index (χ3n) is 1.66. The zero-order valence-electron chi connectivity index (χ0n) is 8.76. The number of hydrogen-bond donors (Lipinski definition) is 2. The van der Waals surface area contributed by atoms with Gasteiger partial charge in [0, 0.05) is 5.56 Å². The normalized spacial score (nSPS) is 10.4. The molecule has 7 nitrogen and oxygen atoms in total. The van der Waals surface area contributed by atoms with Crippen LogP contribution in [0.3, 0.4) is 0 Å². The van der Waals surface area contributed by atoms with Gasteiger partial charge in [-0.25, -0.2) is 9.52 Å². The number of carbonyl (C=O) groups is 1. The van der Waals surface area contributed by atoms with Crippen LogP contribution in [0.5, 0.6) is 0 Å².